The number of para-hydroxylation sites is 1. The van der Waals surface area contributed by atoms with Gasteiger partial charge in [0.15, 0.2) is 0 Å². The van der Waals surface area contributed by atoms with E-state index in [2.05, 4.69) is 0 Å². The smallest absolute Gasteiger partial charge is 0.410 e. The van der Waals surface area contributed by atoms with Crippen molar-refractivity contribution in [1.29, 1.82) is 0 Å². The summed E-state index contributed by atoms with van der Waals surface area (Å²) in [6, 6.07) is 18.4. The monoisotopic (exact) mass is 396 g/mol. The first kappa shape index (κ1) is 20.9. The number of likely N-dealkylation sites (tertiary alicyclic amines) is 1. The van der Waals surface area contributed by atoms with Crippen LogP contribution in [0.25, 0.3) is 0 Å². The first-order valence-electron chi connectivity index (χ1n) is 9.97. The number of anilines is 1. The molecule has 0 radical (unpaired) electrons. The SMILES string of the molecule is CCC(=O)N(c1ccccc1)[C@@H]1CCN(C(=O)OCc2ccccc2)C[C@@]1(C)O. The van der Waals surface area contributed by atoms with Crippen LogP contribution >= 0.6 is 0 Å². The summed E-state index contributed by atoms with van der Waals surface area (Å²) in [5, 5.41) is 11.2. The number of piperidine rings is 1. The number of aliphatic hydroxyl groups is 1. The van der Waals surface area contributed by atoms with Crippen molar-refractivity contribution in [3.63, 3.8) is 0 Å². The van der Waals surface area contributed by atoms with E-state index in [1.807, 2.05) is 67.6 Å². The number of benzene rings is 2. The molecule has 3 rings (SSSR count). The molecule has 154 valence electrons. The number of rotatable bonds is 5. The topological polar surface area (TPSA) is 70.1 Å². The molecule has 0 spiro atoms. The highest BCUT2D eigenvalue weighted by Crippen LogP contribution is 2.31. The molecule has 1 saturated heterocycles. The molecule has 1 fully saturated rings. The molecular weight excluding hydrogens is 368 g/mol. The summed E-state index contributed by atoms with van der Waals surface area (Å²) in [4.78, 5) is 28.4. The molecule has 6 nitrogen and oxygen atoms in total. The number of β-amino-alcohol motifs (C(OH)–C–C–N with tert-alkyl or cyclic N) is 1. The summed E-state index contributed by atoms with van der Waals surface area (Å²) in [5.74, 6) is -0.0541. The molecule has 2 atom stereocenters. The lowest BCUT2D eigenvalue weighted by Gasteiger charge is -2.47. The third kappa shape index (κ3) is 4.95. The largest absolute Gasteiger partial charge is 0.445 e. The normalized spacial score (nSPS) is 21.5. The zero-order valence-electron chi connectivity index (χ0n) is 17.0. The van der Waals surface area contributed by atoms with Crippen molar-refractivity contribution >= 4 is 17.7 Å². The first-order chi connectivity index (χ1) is 13.9. The molecule has 1 aliphatic heterocycles. The molecule has 6 heteroatoms. The summed E-state index contributed by atoms with van der Waals surface area (Å²) in [6.45, 7) is 4.18. The molecule has 0 unspecified atom stereocenters. The third-order valence-electron chi connectivity index (χ3n) is 5.28. The number of hydrogen-bond acceptors (Lipinski definition) is 4. The molecule has 1 N–H and O–H groups in total. The number of amides is 2. The fourth-order valence-electron chi connectivity index (χ4n) is 3.79. The highest BCUT2D eigenvalue weighted by molar-refractivity contribution is 5.94. The van der Waals surface area contributed by atoms with E-state index in [0.29, 0.717) is 19.4 Å². The highest BCUT2D eigenvalue weighted by Gasteiger charge is 2.44. The number of nitrogens with zero attached hydrogens (tertiary/aromatic N) is 2. The van der Waals surface area contributed by atoms with Crippen molar-refractivity contribution in [3.05, 3.63) is 66.2 Å². The van der Waals surface area contributed by atoms with Gasteiger partial charge in [0.25, 0.3) is 0 Å². The van der Waals surface area contributed by atoms with Crippen LogP contribution in [0.4, 0.5) is 10.5 Å². The Balaban J connectivity index is 1.70. The first-order valence-corrected chi connectivity index (χ1v) is 9.97. The van der Waals surface area contributed by atoms with Crippen LogP contribution in [-0.4, -0.2) is 46.7 Å². The Bertz CT molecular complexity index is 823. The Morgan fingerprint density at radius 2 is 1.76 bits per heavy atom. The van der Waals surface area contributed by atoms with Gasteiger partial charge in [-0.15, -0.1) is 0 Å². The van der Waals surface area contributed by atoms with Crippen LogP contribution < -0.4 is 4.90 Å². The Labute approximate surface area is 171 Å². The van der Waals surface area contributed by atoms with Gasteiger partial charge >= 0.3 is 6.09 Å². The van der Waals surface area contributed by atoms with Crippen molar-refractivity contribution in [2.24, 2.45) is 0 Å². The van der Waals surface area contributed by atoms with Crippen LogP contribution in [0.3, 0.4) is 0 Å². The molecule has 29 heavy (non-hydrogen) atoms. The lowest BCUT2D eigenvalue weighted by atomic mass is 9.87. The lowest BCUT2D eigenvalue weighted by molar-refractivity contribution is -0.121. The third-order valence-corrected chi connectivity index (χ3v) is 5.28. The average molecular weight is 396 g/mol. The van der Waals surface area contributed by atoms with E-state index in [-0.39, 0.29) is 19.1 Å². The van der Waals surface area contributed by atoms with Gasteiger partial charge in [0.05, 0.1) is 12.6 Å². The molecule has 2 aromatic rings. The van der Waals surface area contributed by atoms with Crippen LogP contribution in [0.1, 0.15) is 32.3 Å². The number of carbonyl (C=O) groups excluding carboxylic acids is 2. The van der Waals surface area contributed by atoms with Gasteiger partial charge in [-0.2, -0.15) is 0 Å². The minimum absolute atomic E-state index is 0.0541. The van der Waals surface area contributed by atoms with Crippen molar-refractivity contribution in [1.82, 2.24) is 4.90 Å². The van der Waals surface area contributed by atoms with Gasteiger partial charge in [0, 0.05) is 18.7 Å². The van der Waals surface area contributed by atoms with Gasteiger partial charge in [-0.05, 0) is 31.0 Å². The van der Waals surface area contributed by atoms with E-state index in [9.17, 15) is 14.7 Å². The maximum atomic E-state index is 12.7. The summed E-state index contributed by atoms with van der Waals surface area (Å²) in [5.41, 5.74) is 0.404. The van der Waals surface area contributed by atoms with Gasteiger partial charge in [-0.25, -0.2) is 4.79 Å². The Hall–Kier alpha value is -2.86. The summed E-state index contributed by atoms with van der Waals surface area (Å²) in [6.07, 6.45) is 0.346. The quantitative estimate of drug-likeness (QED) is 0.839. The number of ether oxygens (including phenoxy) is 1. The average Bonchev–Trinajstić information content (AvgIpc) is 2.74. The van der Waals surface area contributed by atoms with Crippen LogP contribution in [0, 0.1) is 0 Å². The van der Waals surface area contributed by atoms with Crippen molar-refractivity contribution in [2.75, 3.05) is 18.0 Å². The number of carbonyl (C=O) groups is 2. The van der Waals surface area contributed by atoms with Gasteiger partial charge < -0.3 is 19.6 Å². The van der Waals surface area contributed by atoms with Crippen molar-refractivity contribution < 1.29 is 19.4 Å². The molecule has 2 aromatic carbocycles. The molecule has 0 aliphatic carbocycles. The predicted octanol–water partition coefficient (Wildman–Crippen LogP) is 3.59. The van der Waals surface area contributed by atoms with Gasteiger partial charge in [-0.3, -0.25) is 4.79 Å². The minimum atomic E-state index is -1.26. The molecular formula is C23H28N2O4. The van der Waals surface area contributed by atoms with Gasteiger partial charge in [0.2, 0.25) is 5.91 Å². The minimum Gasteiger partial charge on any atom is -0.445 e. The molecule has 1 aliphatic rings. The Kier molecular flexibility index (Phi) is 6.54. The zero-order chi connectivity index (χ0) is 20.9. The maximum Gasteiger partial charge on any atom is 0.410 e. The summed E-state index contributed by atoms with van der Waals surface area (Å²) in [7, 11) is 0. The summed E-state index contributed by atoms with van der Waals surface area (Å²) < 4.78 is 5.41. The fraction of sp³-hybridized carbons (Fsp3) is 0.391. The number of hydrogen-bond donors (Lipinski definition) is 1. The van der Waals surface area contributed by atoms with Crippen LogP contribution in [0.5, 0.6) is 0 Å². The van der Waals surface area contributed by atoms with E-state index in [4.69, 9.17) is 4.74 Å². The van der Waals surface area contributed by atoms with E-state index in [1.165, 1.54) is 4.90 Å². The van der Waals surface area contributed by atoms with E-state index >= 15 is 0 Å². The second-order valence-electron chi connectivity index (χ2n) is 7.58. The second-order valence-corrected chi connectivity index (χ2v) is 7.58. The highest BCUT2D eigenvalue weighted by atomic mass is 16.6. The van der Waals surface area contributed by atoms with Crippen LogP contribution in [0.2, 0.25) is 0 Å². The van der Waals surface area contributed by atoms with Crippen molar-refractivity contribution in [2.45, 2.75) is 44.9 Å². The van der Waals surface area contributed by atoms with Gasteiger partial charge in [0.1, 0.15) is 12.2 Å². The second kappa shape index (κ2) is 9.09. The van der Waals surface area contributed by atoms with Crippen LogP contribution in [-0.2, 0) is 16.1 Å². The Morgan fingerprint density at radius 3 is 2.34 bits per heavy atom. The Morgan fingerprint density at radius 1 is 1.14 bits per heavy atom. The van der Waals surface area contributed by atoms with E-state index in [1.54, 1.807) is 11.8 Å². The molecule has 1 heterocycles. The zero-order valence-corrected chi connectivity index (χ0v) is 17.0. The standard InChI is InChI=1S/C23H28N2O4/c1-3-21(26)25(19-12-8-5-9-13-19)20-14-15-24(17-23(20,2)28)22(27)29-16-18-10-6-4-7-11-18/h4-13,20,28H,3,14-17H2,1-2H3/t20-,23-/m1/s1. The fourth-order valence-corrected chi connectivity index (χ4v) is 3.79. The van der Waals surface area contributed by atoms with Crippen LogP contribution in [0.15, 0.2) is 60.7 Å². The molecule has 0 aromatic heterocycles. The molecule has 0 bridgehead atoms. The maximum absolute atomic E-state index is 12.7. The van der Waals surface area contributed by atoms with E-state index < -0.39 is 17.7 Å². The van der Waals surface area contributed by atoms with Gasteiger partial charge in [-0.1, -0.05) is 55.5 Å². The summed E-state index contributed by atoms with van der Waals surface area (Å²) >= 11 is 0. The van der Waals surface area contributed by atoms with Crippen molar-refractivity contribution in [3.8, 4) is 0 Å². The molecule has 2 amide bonds. The lowest BCUT2D eigenvalue weighted by Crippen LogP contribution is -2.63. The van der Waals surface area contributed by atoms with E-state index in [0.717, 1.165) is 11.3 Å². The predicted molar refractivity (Wildman–Crippen MR) is 111 cm³/mol. The molecule has 0 saturated carbocycles.